The first-order chi connectivity index (χ1) is 4.61. The van der Waals surface area contributed by atoms with Gasteiger partial charge in [-0.25, -0.2) is 3.11 Å². The Hall–Kier alpha value is 0.320. The number of Topliss-reactive ketones (excluding diaryl/α,β-unsaturated/α-hetero) is 1. The SMILES string of the molecule is CC(=O)C1CC(N)CN1I. The summed E-state index contributed by atoms with van der Waals surface area (Å²) in [6.45, 7) is 2.46. The number of hydrogen-bond donors (Lipinski definition) is 1. The summed E-state index contributed by atoms with van der Waals surface area (Å²) >= 11 is 2.16. The molecule has 4 heteroatoms. The van der Waals surface area contributed by atoms with Gasteiger partial charge in [-0.3, -0.25) is 4.79 Å². The molecule has 0 spiro atoms. The number of halogens is 1. The third kappa shape index (κ3) is 1.67. The van der Waals surface area contributed by atoms with Crippen LogP contribution < -0.4 is 5.73 Å². The highest BCUT2D eigenvalue weighted by atomic mass is 127. The van der Waals surface area contributed by atoms with E-state index in [0.29, 0.717) is 0 Å². The smallest absolute Gasteiger partial charge is 0.147 e. The van der Waals surface area contributed by atoms with Crippen LogP contribution in [0.5, 0.6) is 0 Å². The first kappa shape index (κ1) is 8.42. The average Bonchev–Trinajstić information content (AvgIpc) is 2.10. The molecule has 0 aromatic heterocycles. The molecule has 1 aliphatic heterocycles. The fourth-order valence-electron chi connectivity index (χ4n) is 1.19. The van der Waals surface area contributed by atoms with E-state index in [1.54, 1.807) is 6.92 Å². The molecule has 2 atom stereocenters. The quantitative estimate of drug-likeness (QED) is 0.541. The van der Waals surface area contributed by atoms with E-state index in [1.807, 2.05) is 3.11 Å². The molecule has 2 unspecified atom stereocenters. The highest BCUT2D eigenvalue weighted by Gasteiger charge is 2.31. The Morgan fingerprint density at radius 2 is 2.40 bits per heavy atom. The Morgan fingerprint density at radius 3 is 2.60 bits per heavy atom. The first-order valence-corrected chi connectivity index (χ1v) is 4.26. The molecule has 1 fully saturated rings. The maximum absolute atomic E-state index is 10.9. The van der Waals surface area contributed by atoms with Crippen molar-refractivity contribution in [3.05, 3.63) is 0 Å². The minimum atomic E-state index is 0.0654. The second-order valence-electron chi connectivity index (χ2n) is 2.70. The van der Waals surface area contributed by atoms with Gasteiger partial charge in [-0.2, -0.15) is 0 Å². The highest BCUT2D eigenvalue weighted by molar-refractivity contribution is 14.1. The predicted octanol–water partition coefficient (Wildman–Crippen LogP) is 0.327. The molecule has 0 aliphatic carbocycles. The Kier molecular flexibility index (Phi) is 2.65. The number of nitrogens with zero attached hydrogens (tertiary/aromatic N) is 1. The molecule has 0 aromatic rings. The zero-order chi connectivity index (χ0) is 7.72. The van der Waals surface area contributed by atoms with Crippen LogP contribution in [0.1, 0.15) is 13.3 Å². The Labute approximate surface area is 74.4 Å². The summed E-state index contributed by atoms with van der Waals surface area (Å²) in [4.78, 5) is 10.9. The molecule has 0 saturated carbocycles. The van der Waals surface area contributed by atoms with Crippen molar-refractivity contribution >= 4 is 28.6 Å². The molecule has 1 aliphatic rings. The maximum atomic E-state index is 10.9. The molecular formula is C6H11IN2O. The molecule has 0 bridgehead atoms. The average molecular weight is 254 g/mol. The fraction of sp³-hybridized carbons (Fsp3) is 0.833. The van der Waals surface area contributed by atoms with Crippen molar-refractivity contribution in [2.24, 2.45) is 5.73 Å². The molecule has 1 rings (SSSR count). The largest absolute Gasteiger partial charge is 0.326 e. The van der Waals surface area contributed by atoms with Crippen molar-refractivity contribution in [3.63, 3.8) is 0 Å². The van der Waals surface area contributed by atoms with Crippen LogP contribution in [-0.4, -0.2) is 27.5 Å². The van der Waals surface area contributed by atoms with Gasteiger partial charge >= 0.3 is 0 Å². The molecule has 1 heterocycles. The first-order valence-electron chi connectivity index (χ1n) is 3.29. The molecule has 3 nitrogen and oxygen atoms in total. The minimum absolute atomic E-state index is 0.0654. The lowest BCUT2D eigenvalue weighted by Crippen LogP contribution is -2.26. The minimum Gasteiger partial charge on any atom is -0.326 e. The lowest BCUT2D eigenvalue weighted by atomic mass is 10.1. The van der Waals surface area contributed by atoms with Crippen molar-refractivity contribution in [1.29, 1.82) is 0 Å². The van der Waals surface area contributed by atoms with Crippen LogP contribution in [0.4, 0.5) is 0 Å². The Balaban J connectivity index is 2.54. The molecule has 2 N–H and O–H groups in total. The van der Waals surface area contributed by atoms with Crippen LogP contribution in [0.3, 0.4) is 0 Å². The molecular weight excluding hydrogens is 243 g/mol. The second kappa shape index (κ2) is 3.15. The maximum Gasteiger partial charge on any atom is 0.147 e. The highest BCUT2D eigenvalue weighted by Crippen LogP contribution is 2.20. The van der Waals surface area contributed by atoms with Gasteiger partial charge in [0.15, 0.2) is 0 Å². The van der Waals surface area contributed by atoms with Gasteiger partial charge in [0.25, 0.3) is 0 Å². The lowest BCUT2D eigenvalue weighted by Gasteiger charge is -2.11. The third-order valence-electron chi connectivity index (χ3n) is 1.74. The van der Waals surface area contributed by atoms with Gasteiger partial charge in [-0.1, -0.05) is 0 Å². The standard InChI is InChI=1S/C6H11IN2O/c1-4(10)6-2-5(8)3-9(6)7/h5-6H,2-3,8H2,1H3. The molecule has 0 amide bonds. The summed E-state index contributed by atoms with van der Waals surface area (Å²) in [5, 5.41) is 0. The van der Waals surface area contributed by atoms with Gasteiger partial charge in [0, 0.05) is 35.5 Å². The summed E-state index contributed by atoms with van der Waals surface area (Å²) in [6.07, 6.45) is 0.818. The van der Waals surface area contributed by atoms with Crippen LogP contribution in [0.15, 0.2) is 0 Å². The number of carbonyl (C=O) groups is 1. The third-order valence-corrected chi connectivity index (χ3v) is 2.81. The van der Waals surface area contributed by atoms with Crippen molar-refractivity contribution < 1.29 is 4.79 Å². The number of ketones is 1. The molecule has 1 saturated heterocycles. The van der Waals surface area contributed by atoms with Crippen LogP contribution >= 0.6 is 22.9 Å². The van der Waals surface area contributed by atoms with Gasteiger partial charge in [0.05, 0.1) is 6.04 Å². The zero-order valence-electron chi connectivity index (χ0n) is 5.88. The summed E-state index contributed by atoms with van der Waals surface area (Å²) in [5.41, 5.74) is 5.65. The normalized spacial score (nSPS) is 34.7. The number of carbonyl (C=O) groups excluding carboxylic acids is 1. The molecule has 10 heavy (non-hydrogen) atoms. The van der Waals surface area contributed by atoms with Gasteiger partial charge in [0.1, 0.15) is 5.78 Å². The van der Waals surface area contributed by atoms with Crippen molar-refractivity contribution in [1.82, 2.24) is 3.11 Å². The summed E-state index contributed by atoms with van der Waals surface area (Å²) in [7, 11) is 0. The van der Waals surface area contributed by atoms with Crippen LogP contribution in [-0.2, 0) is 4.79 Å². The van der Waals surface area contributed by atoms with Crippen molar-refractivity contribution in [2.45, 2.75) is 25.4 Å². The second-order valence-corrected chi connectivity index (χ2v) is 3.94. The van der Waals surface area contributed by atoms with E-state index in [-0.39, 0.29) is 17.9 Å². The Bertz CT molecular complexity index is 151. The number of hydrogen-bond acceptors (Lipinski definition) is 3. The van der Waals surface area contributed by atoms with Gasteiger partial charge in [0.2, 0.25) is 0 Å². The predicted molar refractivity (Wildman–Crippen MR) is 47.8 cm³/mol. The summed E-state index contributed by atoms with van der Waals surface area (Å²) in [5.74, 6) is 0.224. The zero-order valence-corrected chi connectivity index (χ0v) is 8.04. The topological polar surface area (TPSA) is 46.3 Å². The van der Waals surface area contributed by atoms with E-state index in [4.69, 9.17) is 5.73 Å². The number of nitrogens with two attached hydrogens (primary N) is 1. The fourth-order valence-corrected chi connectivity index (χ4v) is 2.32. The van der Waals surface area contributed by atoms with Crippen LogP contribution in [0, 0.1) is 0 Å². The summed E-state index contributed by atoms with van der Waals surface area (Å²) in [6, 6.07) is 0.251. The summed E-state index contributed by atoms with van der Waals surface area (Å²) < 4.78 is 1.99. The van der Waals surface area contributed by atoms with E-state index < -0.39 is 0 Å². The molecule has 0 aromatic carbocycles. The van der Waals surface area contributed by atoms with Crippen molar-refractivity contribution in [3.8, 4) is 0 Å². The van der Waals surface area contributed by atoms with Crippen molar-refractivity contribution in [2.75, 3.05) is 6.54 Å². The van der Waals surface area contributed by atoms with E-state index >= 15 is 0 Å². The van der Waals surface area contributed by atoms with Crippen LogP contribution in [0.2, 0.25) is 0 Å². The van der Waals surface area contributed by atoms with E-state index in [9.17, 15) is 4.79 Å². The van der Waals surface area contributed by atoms with Crippen LogP contribution in [0.25, 0.3) is 0 Å². The number of rotatable bonds is 1. The van der Waals surface area contributed by atoms with E-state index in [2.05, 4.69) is 22.9 Å². The molecule has 58 valence electrons. The monoisotopic (exact) mass is 254 g/mol. The lowest BCUT2D eigenvalue weighted by molar-refractivity contribution is -0.119. The molecule has 0 radical (unpaired) electrons. The van der Waals surface area contributed by atoms with Gasteiger partial charge in [-0.05, 0) is 13.3 Å². The van der Waals surface area contributed by atoms with Gasteiger partial charge in [-0.15, -0.1) is 0 Å². The van der Waals surface area contributed by atoms with E-state index in [1.165, 1.54) is 0 Å². The van der Waals surface area contributed by atoms with Gasteiger partial charge < -0.3 is 5.73 Å². The Morgan fingerprint density at radius 1 is 1.80 bits per heavy atom. The van der Waals surface area contributed by atoms with E-state index in [0.717, 1.165) is 13.0 Å².